The maximum Gasteiger partial charge on any atom is 3.00 e. The average Bonchev–Trinajstić information content (AvgIpc) is 2.60. The number of halogens is 18. The molecular formula is C6F18O18S6ScYb. The van der Waals surface area contributed by atoms with Gasteiger partial charge in [0.1, 0.15) is 0 Å². The van der Waals surface area contributed by atoms with Gasteiger partial charge in [-0.05, 0) is 0 Å². The number of alkyl halides is 18. The first-order chi connectivity index (χ1) is 19.5. The second kappa shape index (κ2) is 22.2. The summed E-state index contributed by atoms with van der Waals surface area (Å²) in [7, 11) is -36.5. The average molecular weight is 1110 g/mol. The van der Waals surface area contributed by atoms with Crippen LogP contribution in [0, 0.1) is 46.9 Å². The molecule has 0 aliphatic heterocycles. The molecular weight excluding hydrogens is 1110 g/mol. The Morgan fingerprint density at radius 1 is 0.240 bits per heavy atom. The molecule has 0 saturated carbocycles. The molecule has 50 heavy (non-hydrogen) atoms. The van der Waals surface area contributed by atoms with Crippen LogP contribution in [0.3, 0.4) is 0 Å². The molecule has 0 saturated heterocycles. The first kappa shape index (κ1) is 68.6. The van der Waals surface area contributed by atoms with Crippen LogP contribution < -0.4 is 0 Å². The zero-order chi connectivity index (χ0) is 42.0. The first-order valence-corrected chi connectivity index (χ1v) is 16.1. The molecule has 0 aromatic rings. The van der Waals surface area contributed by atoms with Crippen molar-refractivity contribution >= 4 is 60.7 Å². The van der Waals surface area contributed by atoms with Crippen molar-refractivity contribution in [2.24, 2.45) is 0 Å². The smallest absolute Gasteiger partial charge is 0.741 e. The van der Waals surface area contributed by atoms with Crippen LogP contribution in [0.15, 0.2) is 0 Å². The van der Waals surface area contributed by atoms with E-state index in [1.54, 1.807) is 0 Å². The molecule has 0 atom stereocenters. The Balaban J connectivity index is -0.0000000700. The Hall–Kier alpha value is 0.590. The molecule has 44 heteroatoms. The normalized spacial score (nSPS) is 13.4. The topological polar surface area (TPSA) is 343 Å². The van der Waals surface area contributed by atoms with Gasteiger partial charge in [0.05, 0.1) is 0 Å². The SMILES string of the molecule is O=S(=O)([O-])C(F)(F)F.O=S(=O)([O-])C(F)(F)F.O=S(=O)([O-])C(F)(F)F.O=S(=O)([O-])C(F)(F)F.O=S(=O)([O-])C(F)(F)F.O=S(=O)([O-])C(F)(F)F.[Sc+3].[Yb+3]. The van der Waals surface area contributed by atoms with Crippen LogP contribution in [-0.2, 0) is 86.6 Å². The van der Waals surface area contributed by atoms with Gasteiger partial charge in [-0.1, -0.05) is 0 Å². The van der Waals surface area contributed by atoms with Gasteiger partial charge >= 0.3 is 106 Å². The molecule has 18 nitrogen and oxygen atoms in total. The Morgan fingerprint density at radius 3 is 0.260 bits per heavy atom. The van der Waals surface area contributed by atoms with Gasteiger partial charge < -0.3 is 27.3 Å². The van der Waals surface area contributed by atoms with Crippen LogP contribution in [0.5, 0.6) is 0 Å². The largest absolute Gasteiger partial charge is 3.00 e. The minimum Gasteiger partial charge on any atom is -0.741 e. The molecule has 0 aliphatic rings. The number of hydrogen-bond donors (Lipinski definition) is 0. The van der Waals surface area contributed by atoms with E-state index in [1.165, 1.54) is 0 Å². The maximum atomic E-state index is 10.7. The van der Waals surface area contributed by atoms with Crippen molar-refractivity contribution in [2.45, 2.75) is 33.0 Å². The summed E-state index contributed by atoms with van der Waals surface area (Å²) in [5, 5.41) is 0. The molecule has 0 N–H and O–H groups in total. The van der Waals surface area contributed by atoms with E-state index in [-0.39, 0.29) is 72.8 Å². The molecule has 0 aliphatic carbocycles. The minimum atomic E-state index is -6.09. The third-order valence-electron chi connectivity index (χ3n) is 1.70. The van der Waals surface area contributed by atoms with Crippen LogP contribution in [0.25, 0.3) is 0 Å². The van der Waals surface area contributed by atoms with E-state index in [1.807, 2.05) is 0 Å². The standard InChI is InChI=1S/6CHF3O3S.Sc.Yb/c6*2-1(3,4)8(5,6)7;;/h6*(H,5,6,7);;/q;;;;;;2*+3/p-6. The van der Waals surface area contributed by atoms with Gasteiger partial charge in [0.2, 0.25) is 0 Å². The second-order valence-corrected chi connectivity index (χ2v) is 13.6. The maximum absolute atomic E-state index is 10.7. The molecule has 0 rings (SSSR count). The van der Waals surface area contributed by atoms with E-state index in [0.717, 1.165) is 0 Å². The van der Waals surface area contributed by atoms with Crippen LogP contribution >= 0.6 is 0 Å². The van der Waals surface area contributed by atoms with Gasteiger partial charge in [-0.25, -0.2) is 50.5 Å². The molecule has 0 fully saturated rings. The van der Waals surface area contributed by atoms with Crippen molar-refractivity contribution in [3.05, 3.63) is 0 Å². The summed E-state index contributed by atoms with van der Waals surface area (Å²) in [4.78, 5) is 0. The first-order valence-electron chi connectivity index (χ1n) is 7.63. The molecule has 1 radical (unpaired) electrons. The molecule has 0 heterocycles. The Morgan fingerprint density at radius 2 is 0.260 bits per heavy atom. The Bertz CT molecular complexity index is 1320. The van der Waals surface area contributed by atoms with E-state index in [4.69, 9.17) is 77.8 Å². The van der Waals surface area contributed by atoms with E-state index in [2.05, 4.69) is 0 Å². The van der Waals surface area contributed by atoms with Crippen LogP contribution in [0.2, 0.25) is 0 Å². The minimum absolute atomic E-state index is 0. The van der Waals surface area contributed by atoms with Crippen molar-refractivity contribution in [3.63, 3.8) is 0 Å². The van der Waals surface area contributed by atoms with Crippen LogP contribution in [0.4, 0.5) is 79.0 Å². The van der Waals surface area contributed by atoms with Gasteiger partial charge in [0, 0.05) is 0 Å². The van der Waals surface area contributed by atoms with Crippen LogP contribution in [-0.4, -0.2) is 111 Å². The molecule has 0 amide bonds. The van der Waals surface area contributed by atoms with E-state index >= 15 is 0 Å². The predicted molar refractivity (Wildman–Crippen MR) is 94.5 cm³/mol. The van der Waals surface area contributed by atoms with Gasteiger partial charge in [0.15, 0.2) is 60.7 Å². The quantitative estimate of drug-likeness (QED) is 0.179. The fourth-order valence-electron chi connectivity index (χ4n) is 0. The molecule has 0 aromatic heterocycles. The molecule has 311 valence electrons. The fourth-order valence-corrected chi connectivity index (χ4v) is 0. The molecule has 0 spiro atoms. The van der Waals surface area contributed by atoms with E-state index < -0.39 is 93.8 Å². The van der Waals surface area contributed by atoms with Gasteiger partial charge in [0.25, 0.3) is 0 Å². The summed E-state index contributed by atoms with van der Waals surface area (Å²) in [6.07, 6.45) is 0. The van der Waals surface area contributed by atoms with Crippen molar-refractivity contribution in [1.82, 2.24) is 0 Å². The van der Waals surface area contributed by atoms with E-state index in [9.17, 15) is 79.0 Å². The van der Waals surface area contributed by atoms with Gasteiger partial charge in [-0.15, -0.1) is 0 Å². The van der Waals surface area contributed by atoms with E-state index in [0.29, 0.717) is 0 Å². The predicted octanol–water partition coefficient (Wildman–Crippen LogP) is 0.306. The van der Waals surface area contributed by atoms with Gasteiger partial charge in [-0.2, -0.15) is 79.0 Å². The third-order valence-corrected chi connectivity index (χ3v) is 5.10. The van der Waals surface area contributed by atoms with Crippen molar-refractivity contribution in [3.8, 4) is 0 Å². The summed E-state index contributed by atoms with van der Waals surface area (Å²) in [6, 6.07) is 0. The second-order valence-electron chi connectivity index (χ2n) is 5.40. The summed E-state index contributed by atoms with van der Waals surface area (Å²) in [5.41, 5.74) is -33.9. The van der Waals surface area contributed by atoms with Crippen molar-refractivity contribution < 1.29 is 230 Å². The number of rotatable bonds is 0. The summed E-state index contributed by atoms with van der Waals surface area (Å²) < 4.78 is 353. The molecule has 0 unspecified atom stereocenters. The third kappa shape index (κ3) is 36.9. The zero-order valence-corrected chi connectivity index (χ0v) is 28.9. The summed E-state index contributed by atoms with van der Waals surface area (Å²) >= 11 is 0. The number of hydrogen-bond acceptors (Lipinski definition) is 18. The van der Waals surface area contributed by atoms with Crippen molar-refractivity contribution in [1.29, 1.82) is 0 Å². The molecule has 0 bridgehead atoms. The van der Waals surface area contributed by atoms with Crippen molar-refractivity contribution in [2.75, 3.05) is 0 Å². The summed E-state index contributed by atoms with van der Waals surface area (Å²) in [6.45, 7) is 0. The monoisotopic (exact) mass is 1110 g/mol. The fraction of sp³-hybridized carbons (Fsp3) is 1.00. The summed E-state index contributed by atoms with van der Waals surface area (Å²) in [5.74, 6) is 0. The van der Waals surface area contributed by atoms with Gasteiger partial charge in [-0.3, -0.25) is 0 Å². The Kier molecular flexibility index (Phi) is 30.5. The molecule has 0 aromatic carbocycles. The van der Waals surface area contributed by atoms with Crippen LogP contribution in [0.1, 0.15) is 0 Å². The Labute approximate surface area is 320 Å². The zero-order valence-electron chi connectivity index (χ0n) is 20.4.